The summed E-state index contributed by atoms with van der Waals surface area (Å²) in [6.45, 7) is 0. The number of anilines is 2. The van der Waals surface area contributed by atoms with Crippen molar-refractivity contribution in [1.29, 1.82) is 0 Å². The van der Waals surface area contributed by atoms with Gasteiger partial charge in [-0.3, -0.25) is 0 Å². The van der Waals surface area contributed by atoms with Crippen LogP contribution in [0, 0.1) is 0 Å². The van der Waals surface area contributed by atoms with E-state index in [0.29, 0.717) is 24.0 Å². The van der Waals surface area contributed by atoms with Crippen molar-refractivity contribution in [3.05, 3.63) is 5.28 Å². The van der Waals surface area contributed by atoms with E-state index in [-0.39, 0.29) is 5.28 Å². The van der Waals surface area contributed by atoms with Gasteiger partial charge in [0.15, 0.2) is 0 Å². The van der Waals surface area contributed by atoms with Crippen LogP contribution in [0.1, 0.15) is 96.3 Å². The molecule has 0 bridgehead atoms. The summed E-state index contributed by atoms with van der Waals surface area (Å²) in [7, 11) is 0. The Kier molecular flexibility index (Phi) is 8.24. The minimum atomic E-state index is 0.277. The van der Waals surface area contributed by atoms with E-state index in [4.69, 9.17) is 11.6 Å². The lowest BCUT2D eigenvalue weighted by molar-refractivity contribution is 0.469. The van der Waals surface area contributed by atoms with E-state index in [1.54, 1.807) is 0 Å². The Bertz CT molecular complexity index is 521. The first-order valence-electron chi connectivity index (χ1n) is 10.7. The van der Waals surface area contributed by atoms with Crippen LogP contribution in [0.5, 0.6) is 0 Å². The van der Waals surface area contributed by atoms with E-state index >= 15 is 0 Å². The molecule has 0 radical (unpaired) electrons. The third-order valence-electron chi connectivity index (χ3n) is 5.73. The lowest BCUT2D eigenvalue weighted by Gasteiger charge is -2.22. The van der Waals surface area contributed by atoms with Gasteiger partial charge in [-0.05, 0) is 37.3 Å². The summed E-state index contributed by atoms with van der Waals surface area (Å²) in [5.74, 6) is 1.25. The van der Waals surface area contributed by atoms with Gasteiger partial charge >= 0.3 is 0 Å². The number of nitrogens with one attached hydrogen (secondary N) is 2. The molecule has 2 fully saturated rings. The monoisotopic (exact) mass is 379 g/mol. The summed E-state index contributed by atoms with van der Waals surface area (Å²) in [5, 5.41) is 7.32. The zero-order valence-corrected chi connectivity index (χ0v) is 16.7. The Morgan fingerprint density at radius 3 is 1.27 bits per heavy atom. The molecule has 0 aliphatic heterocycles. The summed E-state index contributed by atoms with van der Waals surface area (Å²) in [6.07, 6.45) is 19.4. The largest absolute Gasteiger partial charge is 0.351 e. The van der Waals surface area contributed by atoms with Gasteiger partial charge in [0.05, 0.1) is 0 Å². The first kappa shape index (κ1) is 19.7. The van der Waals surface area contributed by atoms with Crippen LogP contribution in [0.4, 0.5) is 11.9 Å². The predicted octanol–water partition coefficient (Wildman–Crippen LogP) is 5.96. The molecule has 3 rings (SSSR count). The number of nitrogens with zero attached hydrogens (tertiary/aromatic N) is 3. The van der Waals surface area contributed by atoms with Crippen LogP contribution >= 0.6 is 11.6 Å². The molecule has 26 heavy (non-hydrogen) atoms. The second-order valence-electron chi connectivity index (χ2n) is 7.98. The van der Waals surface area contributed by atoms with E-state index in [9.17, 15) is 0 Å². The minimum Gasteiger partial charge on any atom is -0.351 e. The molecule has 0 amide bonds. The quantitative estimate of drug-likeness (QED) is 0.675. The fourth-order valence-corrected chi connectivity index (χ4v) is 4.38. The molecule has 0 aromatic carbocycles. The Balaban J connectivity index is 1.60. The molecule has 1 heterocycles. The Hall–Kier alpha value is -1.10. The summed E-state index contributed by atoms with van der Waals surface area (Å²) in [5.41, 5.74) is 0. The highest BCUT2D eigenvalue weighted by molar-refractivity contribution is 6.28. The van der Waals surface area contributed by atoms with Crippen molar-refractivity contribution in [1.82, 2.24) is 15.0 Å². The third kappa shape index (κ3) is 6.90. The molecule has 1 aromatic rings. The summed E-state index contributed by atoms with van der Waals surface area (Å²) in [6, 6.07) is 0.896. The average molecular weight is 380 g/mol. The number of halogens is 1. The maximum absolute atomic E-state index is 6.19. The van der Waals surface area contributed by atoms with Crippen molar-refractivity contribution < 1.29 is 0 Å². The molecule has 2 saturated carbocycles. The van der Waals surface area contributed by atoms with Gasteiger partial charge in [-0.25, -0.2) is 0 Å². The first-order chi connectivity index (χ1) is 12.8. The van der Waals surface area contributed by atoms with Crippen LogP contribution in [0.2, 0.25) is 5.28 Å². The highest BCUT2D eigenvalue weighted by Crippen LogP contribution is 2.22. The van der Waals surface area contributed by atoms with Crippen molar-refractivity contribution in [3.63, 3.8) is 0 Å². The Morgan fingerprint density at radius 1 is 0.538 bits per heavy atom. The summed E-state index contributed by atoms with van der Waals surface area (Å²) in [4.78, 5) is 13.3. The molecule has 2 aliphatic rings. The number of aromatic nitrogens is 3. The molecule has 0 unspecified atom stereocenters. The molecule has 6 heteroatoms. The molecule has 0 spiro atoms. The molecule has 5 nitrogen and oxygen atoms in total. The van der Waals surface area contributed by atoms with Crippen LogP contribution < -0.4 is 10.6 Å². The van der Waals surface area contributed by atoms with Gasteiger partial charge in [-0.15, -0.1) is 0 Å². The highest BCUT2D eigenvalue weighted by atomic mass is 35.5. The van der Waals surface area contributed by atoms with Gasteiger partial charge in [0.1, 0.15) is 0 Å². The molecule has 2 N–H and O–H groups in total. The van der Waals surface area contributed by atoms with Gasteiger partial charge in [0.25, 0.3) is 0 Å². The summed E-state index contributed by atoms with van der Waals surface area (Å²) < 4.78 is 0. The lowest BCUT2D eigenvalue weighted by atomic mass is 9.97. The third-order valence-corrected chi connectivity index (χ3v) is 5.90. The van der Waals surface area contributed by atoms with E-state index in [2.05, 4.69) is 25.6 Å². The van der Waals surface area contributed by atoms with Crippen LogP contribution in [0.25, 0.3) is 0 Å². The van der Waals surface area contributed by atoms with Crippen molar-refractivity contribution >= 4 is 23.5 Å². The summed E-state index contributed by atoms with van der Waals surface area (Å²) >= 11 is 6.19. The lowest BCUT2D eigenvalue weighted by Crippen LogP contribution is -2.24. The predicted molar refractivity (Wildman–Crippen MR) is 109 cm³/mol. The van der Waals surface area contributed by atoms with E-state index in [0.717, 1.165) is 0 Å². The zero-order chi connectivity index (χ0) is 18.0. The number of hydrogen-bond donors (Lipinski definition) is 2. The smallest absolute Gasteiger partial charge is 0.229 e. The van der Waals surface area contributed by atoms with Crippen molar-refractivity contribution in [2.75, 3.05) is 10.6 Å². The topological polar surface area (TPSA) is 62.7 Å². The Labute approximate surface area is 163 Å². The van der Waals surface area contributed by atoms with E-state index < -0.39 is 0 Å². The van der Waals surface area contributed by atoms with Crippen molar-refractivity contribution in [3.8, 4) is 0 Å². The molecule has 0 saturated heterocycles. The van der Waals surface area contributed by atoms with Gasteiger partial charge < -0.3 is 10.6 Å². The van der Waals surface area contributed by atoms with E-state index in [1.807, 2.05) is 0 Å². The molecule has 0 atom stereocenters. The maximum Gasteiger partial charge on any atom is 0.229 e. The SMILES string of the molecule is Clc1nc(NC2CCCCCCCC2)nc(NC2CCCCCCC2)n1. The van der Waals surface area contributed by atoms with Gasteiger partial charge in [-0.1, -0.05) is 70.6 Å². The minimum absolute atomic E-state index is 0.277. The van der Waals surface area contributed by atoms with Crippen LogP contribution in [-0.2, 0) is 0 Å². The highest BCUT2D eigenvalue weighted by Gasteiger charge is 2.16. The Morgan fingerprint density at radius 2 is 0.885 bits per heavy atom. The normalized spacial score (nSPS) is 21.7. The molecule has 1 aromatic heterocycles. The maximum atomic E-state index is 6.19. The van der Waals surface area contributed by atoms with Crippen LogP contribution in [0.3, 0.4) is 0 Å². The standard InChI is InChI=1S/C20H34ClN5/c21-18-24-19(22-16-12-8-4-1-2-5-9-13-16)26-20(25-18)23-17-14-10-6-3-7-11-15-17/h16-17H,1-15H2,(H2,22,23,24,25,26). The van der Waals surface area contributed by atoms with Crippen LogP contribution in [0.15, 0.2) is 0 Å². The van der Waals surface area contributed by atoms with Crippen LogP contribution in [-0.4, -0.2) is 27.0 Å². The molecular formula is C20H34ClN5. The zero-order valence-electron chi connectivity index (χ0n) is 16.0. The number of hydrogen-bond acceptors (Lipinski definition) is 5. The van der Waals surface area contributed by atoms with Crippen molar-refractivity contribution in [2.24, 2.45) is 0 Å². The van der Waals surface area contributed by atoms with Crippen molar-refractivity contribution in [2.45, 2.75) is 108 Å². The number of rotatable bonds is 4. The van der Waals surface area contributed by atoms with Gasteiger partial charge in [0, 0.05) is 12.1 Å². The fourth-order valence-electron chi connectivity index (χ4n) is 4.22. The average Bonchev–Trinajstić information content (AvgIpc) is 2.71. The first-order valence-corrected chi connectivity index (χ1v) is 11.1. The molecular weight excluding hydrogens is 346 g/mol. The second kappa shape index (κ2) is 10.9. The van der Waals surface area contributed by atoms with Gasteiger partial charge in [0.2, 0.25) is 17.2 Å². The van der Waals surface area contributed by atoms with E-state index in [1.165, 1.54) is 96.3 Å². The fraction of sp³-hybridized carbons (Fsp3) is 0.850. The second-order valence-corrected chi connectivity index (χ2v) is 8.32. The van der Waals surface area contributed by atoms with Gasteiger partial charge in [-0.2, -0.15) is 15.0 Å². The molecule has 146 valence electrons. The molecule has 2 aliphatic carbocycles.